The lowest BCUT2D eigenvalue weighted by Crippen LogP contribution is -2.46. The molecule has 2 amide bonds. The second-order valence-electron chi connectivity index (χ2n) is 10.3. The second-order valence-corrected chi connectivity index (χ2v) is 10.3. The van der Waals surface area contributed by atoms with Gasteiger partial charge in [-0.05, 0) is 72.1 Å². The van der Waals surface area contributed by atoms with Crippen LogP contribution in [0.25, 0.3) is 11.4 Å². The van der Waals surface area contributed by atoms with E-state index in [4.69, 9.17) is 18.9 Å². The molecular weight excluding hydrogens is 571 g/mol. The van der Waals surface area contributed by atoms with Gasteiger partial charge in [-0.2, -0.15) is 4.80 Å². The van der Waals surface area contributed by atoms with E-state index in [-0.39, 0.29) is 19.2 Å². The van der Waals surface area contributed by atoms with Gasteiger partial charge in [0.15, 0.2) is 11.5 Å². The molecule has 0 spiro atoms. The topological polar surface area (TPSA) is 130 Å². The molecule has 228 valence electrons. The quantitative estimate of drug-likeness (QED) is 0.291. The lowest BCUT2D eigenvalue weighted by atomic mass is 10.0. The summed E-state index contributed by atoms with van der Waals surface area (Å²) in [5.41, 5.74) is 1.46. The van der Waals surface area contributed by atoms with Gasteiger partial charge >= 0.3 is 0 Å². The molecule has 1 N–H and O–H groups in total. The van der Waals surface area contributed by atoms with Gasteiger partial charge in [-0.1, -0.05) is 12.1 Å². The number of hydrogen-bond donors (Lipinski definition) is 1. The number of nitrogens with one attached hydrogen (secondary N) is 1. The van der Waals surface area contributed by atoms with E-state index >= 15 is 0 Å². The zero-order valence-corrected chi connectivity index (χ0v) is 24.0. The minimum atomic E-state index is -1.17. The van der Waals surface area contributed by atoms with Crippen LogP contribution in [0.2, 0.25) is 0 Å². The maximum Gasteiger partial charge on any atom is 0.251 e. The van der Waals surface area contributed by atoms with Crippen LogP contribution in [-0.4, -0.2) is 71.6 Å². The average molecular weight is 603 g/mol. The van der Waals surface area contributed by atoms with Crippen molar-refractivity contribution < 1.29 is 32.9 Å². The summed E-state index contributed by atoms with van der Waals surface area (Å²) in [6.07, 6.45) is 1.61. The fourth-order valence-corrected chi connectivity index (χ4v) is 5.16. The molecule has 2 atom stereocenters. The standard InChI is InChI=1S/C31H31FN6O6/c1-41-24-11-6-21(7-12-24)30-34-36-37(35-30)19-28(39)38(23-10-13-26-27(17-23)44-16-15-43-26)29(20-4-8-22(32)9-5-20)31(40)33-18-25-3-2-14-42-25/h4-13,17,25,29H,2-3,14-16,18-19H2,1H3,(H,33,40). The third-order valence-electron chi connectivity index (χ3n) is 7.37. The number of methoxy groups -OCH3 is 1. The molecular formula is C31H31FN6O6. The van der Waals surface area contributed by atoms with Gasteiger partial charge in [0.25, 0.3) is 5.91 Å². The number of anilines is 1. The molecule has 0 saturated carbocycles. The SMILES string of the molecule is COc1ccc(-c2nnn(CC(=O)N(c3ccc4c(c3)OCCO4)C(C(=O)NCC3CCCO3)c3ccc(F)cc3)n2)cc1. The smallest absolute Gasteiger partial charge is 0.251 e. The number of tetrazole rings is 1. The fourth-order valence-electron chi connectivity index (χ4n) is 5.16. The zero-order chi connectivity index (χ0) is 30.5. The Morgan fingerprint density at radius 2 is 1.82 bits per heavy atom. The van der Waals surface area contributed by atoms with Crippen LogP contribution < -0.4 is 24.4 Å². The normalized spacial score (nSPS) is 16.3. The molecule has 2 unspecified atom stereocenters. The van der Waals surface area contributed by atoms with Crippen molar-refractivity contribution in [1.82, 2.24) is 25.5 Å². The van der Waals surface area contributed by atoms with Crippen molar-refractivity contribution in [2.24, 2.45) is 0 Å². The van der Waals surface area contributed by atoms with Gasteiger partial charge in [-0.25, -0.2) is 4.39 Å². The van der Waals surface area contributed by atoms with Crippen LogP contribution in [0.5, 0.6) is 17.2 Å². The van der Waals surface area contributed by atoms with Gasteiger partial charge in [-0.15, -0.1) is 10.2 Å². The molecule has 12 nitrogen and oxygen atoms in total. The number of carbonyl (C=O) groups is 2. The minimum absolute atomic E-state index is 0.123. The lowest BCUT2D eigenvalue weighted by molar-refractivity contribution is -0.127. The first-order chi connectivity index (χ1) is 21.5. The highest BCUT2D eigenvalue weighted by Crippen LogP contribution is 2.37. The van der Waals surface area contributed by atoms with Crippen LogP contribution in [0, 0.1) is 5.82 Å². The maximum atomic E-state index is 14.2. The summed E-state index contributed by atoms with van der Waals surface area (Å²) in [4.78, 5) is 30.6. The zero-order valence-electron chi connectivity index (χ0n) is 24.0. The Morgan fingerprint density at radius 1 is 1.05 bits per heavy atom. The molecule has 13 heteroatoms. The van der Waals surface area contributed by atoms with Crippen molar-refractivity contribution in [3.05, 3.63) is 78.1 Å². The van der Waals surface area contributed by atoms with E-state index in [0.717, 1.165) is 12.8 Å². The van der Waals surface area contributed by atoms with E-state index in [1.54, 1.807) is 49.6 Å². The summed E-state index contributed by atoms with van der Waals surface area (Å²) in [5.74, 6) is 0.511. The number of fused-ring (bicyclic) bond motifs is 1. The van der Waals surface area contributed by atoms with Crippen molar-refractivity contribution >= 4 is 17.5 Å². The number of benzene rings is 3. The molecule has 0 aliphatic carbocycles. The van der Waals surface area contributed by atoms with Crippen LogP contribution in [-0.2, 0) is 20.9 Å². The summed E-state index contributed by atoms with van der Waals surface area (Å²) in [5, 5.41) is 15.5. The Hall–Kier alpha value is -5.04. The molecule has 1 fully saturated rings. The van der Waals surface area contributed by atoms with Gasteiger partial charge in [0.2, 0.25) is 11.7 Å². The summed E-state index contributed by atoms with van der Waals surface area (Å²) >= 11 is 0. The van der Waals surface area contributed by atoms with E-state index in [9.17, 15) is 14.0 Å². The third kappa shape index (κ3) is 6.47. The van der Waals surface area contributed by atoms with Crippen molar-refractivity contribution in [2.75, 3.05) is 38.4 Å². The molecule has 2 aliphatic heterocycles. The van der Waals surface area contributed by atoms with Gasteiger partial charge in [0.1, 0.15) is 37.4 Å². The van der Waals surface area contributed by atoms with Crippen molar-refractivity contribution in [3.8, 4) is 28.6 Å². The van der Waals surface area contributed by atoms with E-state index in [2.05, 4.69) is 20.7 Å². The second kappa shape index (κ2) is 13.1. The van der Waals surface area contributed by atoms with Crippen LogP contribution in [0.1, 0.15) is 24.4 Å². The van der Waals surface area contributed by atoms with E-state index in [1.165, 1.54) is 34.0 Å². The van der Waals surface area contributed by atoms with Gasteiger partial charge < -0.3 is 24.3 Å². The molecule has 1 aromatic heterocycles. The maximum absolute atomic E-state index is 14.2. The number of aromatic nitrogens is 4. The molecule has 44 heavy (non-hydrogen) atoms. The van der Waals surface area contributed by atoms with Crippen molar-refractivity contribution in [3.63, 3.8) is 0 Å². The number of amides is 2. The number of carbonyl (C=O) groups excluding carboxylic acids is 2. The summed E-state index contributed by atoms with van der Waals surface area (Å²) in [6.45, 7) is 1.30. The van der Waals surface area contributed by atoms with Crippen LogP contribution >= 0.6 is 0 Å². The third-order valence-corrected chi connectivity index (χ3v) is 7.37. The largest absolute Gasteiger partial charge is 0.497 e. The average Bonchev–Trinajstić information content (AvgIpc) is 3.75. The Labute approximate surface area is 252 Å². The van der Waals surface area contributed by atoms with E-state index in [0.29, 0.717) is 59.7 Å². The lowest BCUT2D eigenvalue weighted by Gasteiger charge is -2.32. The number of hydrogen-bond acceptors (Lipinski definition) is 9. The van der Waals surface area contributed by atoms with Crippen LogP contribution in [0.3, 0.4) is 0 Å². The Kier molecular flexibility index (Phi) is 8.64. The van der Waals surface area contributed by atoms with Gasteiger partial charge in [0.05, 0.1) is 13.2 Å². The number of ether oxygens (including phenoxy) is 4. The predicted molar refractivity (Wildman–Crippen MR) is 156 cm³/mol. The Bertz CT molecular complexity index is 1610. The number of halogens is 1. The first kappa shape index (κ1) is 29.1. The molecule has 4 aromatic rings. The first-order valence-corrected chi connectivity index (χ1v) is 14.3. The molecule has 3 heterocycles. The van der Waals surface area contributed by atoms with Crippen LogP contribution in [0.4, 0.5) is 10.1 Å². The monoisotopic (exact) mass is 602 g/mol. The molecule has 2 aliphatic rings. The van der Waals surface area contributed by atoms with Crippen molar-refractivity contribution in [2.45, 2.75) is 31.5 Å². The molecule has 1 saturated heterocycles. The highest BCUT2D eigenvalue weighted by molar-refractivity contribution is 6.01. The minimum Gasteiger partial charge on any atom is -0.497 e. The molecule has 0 radical (unpaired) electrons. The van der Waals surface area contributed by atoms with Crippen molar-refractivity contribution in [1.29, 1.82) is 0 Å². The van der Waals surface area contributed by atoms with Crippen LogP contribution in [0.15, 0.2) is 66.7 Å². The molecule has 0 bridgehead atoms. The van der Waals surface area contributed by atoms with Gasteiger partial charge in [0, 0.05) is 30.5 Å². The number of nitrogens with zero attached hydrogens (tertiary/aromatic N) is 5. The van der Waals surface area contributed by atoms with Gasteiger partial charge in [-0.3, -0.25) is 14.5 Å². The fraction of sp³-hybridized carbons (Fsp3) is 0.323. The molecule has 3 aromatic carbocycles. The Balaban J connectivity index is 1.34. The van der Waals surface area contributed by atoms with E-state index < -0.39 is 23.7 Å². The highest BCUT2D eigenvalue weighted by atomic mass is 19.1. The Morgan fingerprint density at radius 3 is 2.55 bits per heavy atom. The summed E-state index contributed by atoms with van der Waals surface area (Å²) < 4.78 is 36.3. The first-order valence-electron chi connectivity index (χ1n) is 14.3. The highest BCUT2D eigenvalue weighted by Gasteiger charge is 2.35. The number of rotatable bonds is 10. The van der Waals surface area contributed by atoms with E-state index in [1.807, 2.05) is 0 Å². The predicted octanol–water partition coefficient (Wildman–Crippen LogP) is 3.33. The summed E-state index contributed by atoms with van der Waals surface area (Å²) in [6, 6.07) is 16.4. The summed E-state index contributed by atoms with van der Waals surface area (Å²) in [7, 11) is 1.57. The molecule has 6 rings (SSSR count).